The Bertz CT molecular complexity index is 1100. The molecule has 1 aliphatic rings. The average molecular weight is 401 g/mol. The lowest BCUT2D eigenvalue weighted by Gasteiger charge is -2.26. The number of nitrogens with zero attached hydrogens (tertiary/aromatic N) is 3. The molecule has 0 bridgehead atoms. The van der Waals surface area contributed by atoms with E-state index in [0.717, 1.165) is 42.2 Å². The number of aromatic carboxylic acids is 1. The van der Waals surface area contributed by atoms with Crippen molar-refractivity contribution in [2.45, 2.75) is 19.5 Å². The van der Waals surface area contributed by atoms with Gasteiger partial charge in [0.2, 0.25) is 0 Å². The Hall–Kier alpha value is -3.27. The second-order valence-corrected chi connectivity index (χ2v) is 8.01. The Morgan fingerprint density at radius 2 is 1.97 bits per heavy atom. The van der Waals surface area contributed by atoms with Gasteiger partial charge in [-0.3, -0.25) is 4.90 Å². The minimum atomic E-state index is -0.953. The van der Waals surface area contributed by atoms with Crippen LogP contribution in [0.4, 0.5) is 5.00 Å². The number of carboxylic acid groups (broad SMARTS) is 1. The van der Waals surface area contributed by atoms with Crippen LogP contribution in [0.2, 0.25) is 0 Å². The van der Waals surface area contributed by atoms with E-state index in [4.69, 9.17) is 5.11 Å². The van der Waals surface area contributed by atoms with Gasteiger partial charge in [0.25, 0.3) is 0 Å². The first kappa shape index (κ1) is 19.1. The highest BCUT2D eigenvalue weighted by Gasteiger charge is 2.24. The van der Waals surface area contributed by atoms with Crippen molar-refractivity contribution in [3.63, 3.8) is 0 Å². The number of fused-ring (bicyclic) bond motifs is 1. The number of carbonyl (C=O) groups is 1. The second-order valence-electron chi connectivity index (χ2n) is 6.93. The molecule has 0 aliphatic carbocycles. The average Bonchev–Trinajstić information content (AvgIpc) is 3.10. The predicted molar refractivity (Wildman–Crippen MR) is 114 cm³/mol. The number of thiophene rings is 1. The van der Waals surface area contributed by atoms with Gasteiger partial charge in [-0.25, -0.2) is 9.79 Å². The number of benzene rings is 2. The predicted octanol–water partition coefficient (Wildman–Crippen LogP) is 4.63. The molecule has 2 aromatic carbocycles. The maximum Gasteiger partial charge on any atom is 0.335 e. The van der Waals surface area contributed by atoms with Crippen LogP contribution in [-0.2, 0) is 19.5 Å². The van der Waals surface area contributed by atoms with Gasteiger partial charge >= 0.3 is 5.97 Å². The molecule has 1 aromatic heterocycles. The number of hydrogen-bond acceptors (Lipinski definition) is 5. The molecule has 1 aliphatic heterocycles. The number of rotatable bonds is 5. The van der Waals surface area contributed by atoms with Crippen molar-refractivity contribution >= 4 is 28.5 Å². The molecule has 3 aromatic rings. The lowest BCUT2D eigenvalue weighted by molar-refractivity contribution is 0.0697. The molecule has 0 saturated carbocycles. The smallest absolute Gasteiger partial charge is 0.335 e. The first-order chi connectivity index (χ1) is 14.1. The van der Waals surface area contributed by atoms with Crippen LogP contribution >= 0.6 is 11.3 Å². The molecule has 0 amide bonds. The van der Waals surface area contributed by atoms with Gasteiger partial charge in [0.1, 0.15) is 11.1 Å². The normalized spacial score (nSPS) is 13.9. The molecule has 0 fully saturated rings. The maximum atomic E-state index is 11.0. The van der Waals surface area contributed by atoms with E-state index in [0.29, 0.717) is 5.56 Å². The van der Waals surface area contributed by atoms with Crippen LogP contribution in [0.3, 0.4) is 0 Å². The molecule has 0 spiro atoms. The highest BCUT2D eigenvalue weighted by atomic mass is 32.1. The van der Waals surface area contributed by atoms with Crippen molar-refractivity contribution < 1.29 is 9.90 Å². The Morgan fingerprint density at radius 3 is 2.66 bits per heavy atom. The van der Waals surface area contributed by atoms with Crippen LogP contribution in [0.5, 0.6) is 0 Å². The largest absolute Gasteiger partial charge is 0.478 e. The van der Waals surface area contributed by atoms with Gasteiger partial charge in [-0.2, -0.15) is 5.26 Å². The summed E-state index contributed by atoms with van der Waals surface area (Å²) in [7, 11) is 0. The monoisotopic (exact) mass is 401 g/mol. The molecule has 4 rings (SSSR count). The van der Waals surface area contributed by atoms with Crippen LogP contribution in [0.1, 0.15) is 37.5 Å². The molecule has 2 heterocycles. The molecular formula is C23H19N3O2S. The quantitative estimate of drug-likeness (QED) is 0.633. The minimum Gasteiger partial charge on any atom is -0.478 e. The van der Waals surface area contributed by atoms with Crippen molar-refractivity contribution in [3.05, 3.63) is 87.3 Å². The fourth-order valence-corrected chi connectivity index (χ4v) is 4.65. The topological polar surface area (TPSA) is 76.7 Å². The van der Waals surface area contributed by atoms with Gasteiger partial charge in [0.05, 0.1) is 11.1 Å². The summed E-state index contributed by atoms with van der Waals surface area (Å²) in [6.07, 6.45) is 2.54. The Labute approximate surface area is 173 Å². The fraction of sp³-hybridized carbons (Fsp3) is 0.174. The Morgan fingerprint density at radius 1 is 1.21 bits per heavy atom. The third-order valence-electron chi connectivity index (χ3n) is 4.97. The molecule has 6 heteroatoms. The summed E-state index contributed by atoms with van der Waals surface area (Å²) in [4.78, 5) is 19.1. The van der Waals surface area contributed by atoms with E-state index in [-0.39, 0.29) is 5.56 Å². The van der Waals surface area contributed by atoms with E-state index in [1.165, 1.54) is 10.4 Å². The molecular weight excluding hydrogens is 382 g/mol. The zero-order valence-corrected chi connectivity index (χ0v) is 16.5. The Balaban J connectivity index is 1.53. The van der Waals surface area contributed by atoms with Crippen molar-refractivity contribution in [1.82, 2.24) is 4.90 Å². The molecule has 0 unspecified atom stereocenters. The molecule has 0 radical (unpaired) electrons. The number of aliphatic imine (C=N–C) groups is 1. The zero-order valence-electron chi connectivity index (χ0n) is 15.7. The van der Waals surface area contributed by atoms with Crippen LogP contribution in [0.25, 0.3) is 0 Å². The fourth-order valence-electron chi connectivity index (χ4n) is 3.47. The molecule has 1 N–H and O–H groups in total. The van der Waals surface area contributed by atoms with Gasteiger partial charge in [0, 0.05) is 30.7 Å². The molecule has 0 atom stereocenters. The van der Waals surface area contributed by atoms with Crippen molar-refractivity contribution in [1.29, 1.82) is 5.26 Å². The number of hydrogen-bond donors (Lipinski definition) is 1. The number of carboxylic acids is 1. The van der Waals surface area contributed by atoms with Gasteiger partial charge in [-0.05, 0) is 35.2 Å². The second kappa shape index (κ2) is 8.39. The molecule has 5 nitrogen and oxygen atoms in total. The summed E-state index contributed by atoms with van der Waals surface area (Å²) in [5.74, 6) is -0.953. The van der Waals surface area contributed by atoms with Crippen LogP contribution in [-0.4, -0.2) is 28.7 Å². The summed E-state index contributed by atoms with van der Waals surface area (Å²) in [5.41, 5.74) is 4.12. The highest BCUT2D eigenvalue weighted by molar-refractivity contribution is 7.16. The van der Waals surface area contributed by atoms with E-state index in [9.17, 15) is 10.1 Å². The van der Waals surface area contributed by atoms with E-state index in [1.54, 1.807) is 41.8 Å². The van der Waals surface area contributed by atoms with Crippen LogP contribution < -0.4 is 0 Å². The van der Waals surface area contributed by atoms with Gasteiger partial charge in [-0.1, -0.05) is 42.5 Å². The Kier molecular flexibility index (Phi) is 5.52. The summed E-state index contributed by atoms with van der Waals surface area (Å²) >= 11 is 1.57. The van der Waals surface area contributed by atoms with Crippen molar-refractivity contribution in [2.24, 2.45) is 4.99 Å². The van der Waals surface area contributed by atoms with Crippen LogP contribution in [0.15, 0.2) is 59.6 Å². The van der Waals surface area contributed by atoms with E-state index < -0.39 is 5.97 Å². The molecule has 0 saturated heterocycles. The van der Waals surface area contributed by atoms with Gasteiger partial charge in [-0.15, -0.1) is 11.3 Å². The van der Waals surface area contributed by atoms with Crippen LogP contribution in [0, 0.1) is 11.3 Å². The third kappa shape index (κ3) is 4.27. The third-order valence-corrected chi connectivity index (χ3v) is 6.09. The van der Waals surface area contributed by atoms with Gasteiger partial charge in [0.15, 0.2) is 0 Å². The van der Waals surface area contributed by atoms with E-state index >= 15 is 0 Å². The van der Waals surface area contributed by atoms with Gasteiger partial charge < -0.3 is 5.11 Å². The van der Waals surface area contributed by atoms with E-state index in [2.05, 4.69) is 40.2 Å². The first-order valence-corrected chi connectivity index (χ1v) is 10.1. The first-order valence-electron chi connectivity index (χ1n) is 9.32. The van der Waals surface area contributed by atoms with E-state index in [1.807, 2.05) is 6.07 Å². The summed E-state index contributed by atoms with van der Waals surface area (Å²) in [6, 6.07) is 19.3. The molecule has 29 heavy (non-hydrogen) atoms. The summed E-state index contributed by atoms with van der Waals surface area (Å²) in [6.45, 7) is 2.65. The highest BCUT2D eigenvalue weighted by Crippen LogP contribution is 2.38. The summed E-state index contributed by atoms with van der Waals surface area (Å²) in [5, 5.41) is 19.4. The lowest BCUT2D eigenvalue weighted by atomic mass is 10.0. The van der Waals surface area contributed by atoms with Crippen molar-refractivity contribution in [3.8, 4) is 6.07 Å². The standard InChI is InChI=1S/C23H19N3O2S/c24-12-20-19-10-11-26(14-17-4-2-1-3-5-17)15-21(19)29-22(20)25-13-16-6-8-18(9-7-16)23(27)28/h1-9,13H,10-11,14-15H2,(H,27,28). The maximum absolute atomic E-state index is 11.0. The number of nitriles is 1. The zero-order chi connectivity index (χ0) is 20.2. The summed E-state index contributed by atoms with van der Waals surface area (Å²) < 4.78 is 0. The van der Waals surface area contributed by atoms with Crippen molar-refractivity contribution in [2.75, 3.05) is 6.54 Å². The molecule has 144 valence electrons. The minimum absolute atomic E-state index is 0.241. The SMILES string of the molecule is N#Cc1c(N=Cc2ccc(C(=O)O)cc2)sc2c1CCN(Cc1ccccc1)C2. The lowest BCUT2D eigenvalue weighted by Crippen LogP contribution is -2.29.